The summed E-state index contributed by atoms with van der Waals surface area (Å²) in [5.41, 5.74) is 2.77. The molecule has 1 aliphatic rings. The Balaban J connectivity index is 1.56. The highest BCUT2D eigenvalue weighted by atomic mass is 79.9. The highest BCUT2D eigenvalue weighted by Crippen LogP contribution is 2.28. The van der Waals surface area contributed by atoms with E-state index in [2.05, 4.69) is 21.2 Å². The standard InChI is InChI=1S/C37H39BrClN3O4S/c1-27-16-22-33(23-17-27)47(45,46)42(32-20-18-30(38)19-21-32)26-36(43)41(25-29-12-8-9-15-34(29)39)35(24-28-10-4-2-5-11-28)37(44)40-31-13-6-3-7-14-31/h2,4-5,8-12,15-23,31,35H,3,6-7,13-14,24-26H2,1H3,(H,40,44)/t35-/m0/s1. The van der Waals surface area contributed by atoms with Gasteiger partial charge in [0, 0.05) is 28.5 Å². The number of benzene rings is 4. The molecule has 0 spiro atoms. The van der Waals surface area contributed by atoms with E-state index in [-0.39, 0.29) is 29.8 Å². The topological polar surface area (TPSA) is 86.8 Å². The molecule has 246 valence electrons. The largest absolute Gasteiger partial charge is 0.352 e. The number of rotatable bonds is 12. The molecule has 0 aromatic heterocycles. The molecule has 4 aromatic rings. The number of hydrogen-bond donors (Lipinski definition) is 1. The van der Waals surface area contributed by atoms with Gasteiger partial charge in [-0.05, 0) is 73.4 Å². The van der Waals surface area contributed by atoms with Gasteiger partial charge in [0.2, 0.25) is 11.8 Å². The van der Waals surface area contributed by atoms with Gasteiger partial charge >= 0.3 is 0 Å². The Hall–Kier alpha value is -3.66. The summed E-state index contributed by atoms with van der Waals surface area (Å²) in [5, 5.41) is 3.68. The Labute approximate surface area is 291 Å². The van der Waals surface area contributed by atoms with Gasteiger partial charge < -0.3 is 10.2 Å². The van der Waals surface area contributed by atoms with Crippen LogP contribution in [0.15, 0.2) is 112 Å². The molecule has 1 fully saturated rings. The van der Waals surface area contributed by atoms with Crippen LogP contribution in [-0.4, -0.2) is 43.8 Å². The molecule has 0 saturated heterocycles. The van der Waals surface area contributed by atoms with Crippen LogP contribution < -0.4 is 9.62 Å². The first kappa shape index (κ1) is 34.7. The minimum atomic E-state index is -4.18. The molecule has 7 nitrogen and oxygen atoms in total. The fraction of sp³-hybridized carbons (Fsp3) is 0.297. The third-order valence-corrected chi connectivity index (χ3v) is 11.2. The number of aryl methyl sites for hydroxylation is 1. The lowest BCUT2D eigenvalue weighted by molar-refractivity contribution is -0.140. The average Bonchev–Trinajstić information content (AvgIpc) is 3.07. The molecule has 1 atom stereocenters. The summed E-state index contributed by atoms with van der Waals surface area (Å²) in [6.45, 7) is 1.38. The molecule has 2 amide bonds. The van der Waals surface area contributed by atoms with Gasteiger partial charge in [0.25, 0.3) is 10.0 Å². The van der Waals surface area contributed by atoms with Crippen molar-refractivity contribution in [3.05, 3.63) is 129 Å². The average molecular weight is 737 g/mol. The Kier molecular flexibility index (Phi) is 11.8. The van der Waals surface area contributed by atoms with Crippen molar-refractivity contribution in [2.45, 2.75) is 69.0 Å². The summed E-state index contributed by atoms with van der Waals surface area (Å²) in [6, 6.07) is 29.1. The van der Waals surface area contributed by atoms with E-state index in [0.717, 1.165) is 52.0 Å². The highest BCUT2D eigenvalue weighted by molar-refractivity contribution is 9.10. The van der Waals surface area contributed by atoms with Gasteiger partial charge in [-0.1, -0.05) is 113 Å². The van der Waals surface area contributed by atoms with Crippen LogP contribution in [0.2, 0.25) is 5.02 Å². The number of anilines is 1. The van der Waals surface area contributed by atoms with Crippen molar-refractivity contribution >= 4 is 55.1 Å². The minimum absolute atomic E-state index is 0.0207. The second-order valence-electron chi connectivity index (χ2n) is 12.0. The number of carbonyl (C=O) groups excluding carboxylic acids is 2. The molecule has 1 saturated carbocycles. The van der Waals surface area contributed by atoms with Gasteiger partial charge in [-0.25, -0.2) is 8.42 Å². The van der Waals surface area contributed by atoms with Crippen LogP contribution in [0.1, 0.15) is 48.8 Å². The molecule has 5 rings (SSSR count). The molecule has 47 heavy (non-hydrogen) atoms. The minimum Gasteiger partial charge on any atom is -0.352 e. The van der Waals surface area contributed by atoms with Crippen molar-refractivity contribution in [2.75, 3.05) is 10.8 Å². The molecule has 4 aromatic carbocycles. The van der Waals surface area contributed by atoms with Gasteiger partial charge in [-0.3, -0.25) is 13.9 Å². The monoisotopic (exact) mass is 735 g/mol. The number of nitrogens with zero attached hydrogens (tertiary/aromatic N) is 2. The molecule has 0 bridgehead atoms. The van der Waals surface area contributed by atoms with E-state index in [1.807, 2.05) is 49.4 Å². The van der Waals surface area contributed by atoms with Gasteiger partial charge in [0.15, 0.2) is 0 Å². The zero-order valence-electron chi connectivity index (χ0n) is 26.3. The highest BCUT2D eigenvalue weighted by Gasteiger charge is 2.35. The van der Waals surface area contributed by atoms with Gasteiger partial charge in [0.05, 0.1) is 10.6 Å². The van der Waals surface area contributed by atoms with Crippen LogP contribution in [-0.2, 0) is 32.6 Å². The lowest BCUT2D eigenvalue weighted by atomic mass is 9.94. The van der Waals surface area contributed by atoms with E-state index in [9.17, 15) is 18.0 Å². The van der Waals surface area contributed by atoms with E-state index in [0.29, 0.717) is 16.3 Å². The van der Waals surface area contributed by atoms with E-state index >= 15 is 0 Å². The number of halogens is 2. The zero-order valence-corrected chi connectivity index (χ0v) is 29.5. The van der Waals surface area contributed by atoms with Crippen molar-refractivity contribution in [1.82, 2.24) is 10.2 Å². The third-order valence-electron chi connectivity index (χ3n) is 8.52. The summed E-state index contributed by atoms with van der Waals surface area (Å²) in [6.07, 6.45) is 5.23. The number of nitrogens with one attached hydrogen (secondary N) is 1. The van der Waals surface area contributed by atoms with Gasteiger partial charge in [-0.15, -0.1) is 0 Å². The maximum atomic E-state index is 14.7. The second-order valence-corrected chi connectivity index (χ2v) is 15.1. The third kappa shape index (κ3) is 9.03. The van der Waals surface area contributed by atoms with Crippen LogP contribution in [0.5, 0.6) is 0 Å². The summed E-state index contributed by atoms with van der Waals surface area (Å²) < 4.78 is 30.3. The molecular weight excluding hydrogens is 698 g/mol. The molecule has 0 unspecified atom stereocenters. The molecular formula is C37H39BrClN3O4S. The van der Waals surface area contributed by atoms with Crippen molar-refractivity contribution in [3.63, 3.8) is 0 Å². The van der Waals surface area contributed by atoms with Gasteiger partial charge in [-0.2, -0.15) is 0 Å². The number of hydrogen-bond acceptors (Lipinski definition) is 4. The molecule has 1 aliphatic carbocycles. The fourth-order valence-corrected chi connectivity index (χ4v) is 7.76. The summed E-state index contributed by atoms with van der Waals surface area (Å²) in [7, 11) is -4.18. The van der Waals surface area contributed by atoms with Crippen LogP contribution in [0.4, 0.5) is 5.69 Å². The van der Waals surface area contributed by atoms with Crippen molar-refractivity contribution < 1.29 is 18.0 Å². The van der Waals surface area contributed by atoms with Crippen molar-refractivity contribution in [3.8, 4) is 0 Å². The van der Waals surface area contributed by atoms with E-state index < -0.39 is 28.5 Å². The lowest BCUT2D eigenvalue weighted by Crippen LogP contribution is -2.55. The van der Waals surface area contributed by atoms with Crippen LogP contribution in [0.25, 0.3) is 0 Å². The van der Waals surface area contributed by atoms with Crippen molar-refractivity contribution in [1.29, 1.82) is 0 Å². The Morgan fingerprint density at radius 2 is 1.51 bits per heavy atom. The molecule has 0 radical (unpaired) electrons. The zero-order chi connectivity index (χ0) is 33.4. The predicted molar refractivity (Wildman–Crippen MR) is 191 cm³/mol. The molecule has 0 aliphatic heterocycles. The quantitative estimate of drug-likeness (QED) is 0.162. The van der Waals surface area contributed by atoms with Gasteiger partial charge in [0.1, 0.15) is 12.6 Å². The summed E-state index contributed by atoms with van der Waals surface area (Å²) in [5.74, 6) is -0.791. The smallest absolute Gasteiger partial charge is 0.264 e. The van der Waals surface area contributed by atoms with E-state index in [4.69, 9.17) is 11.6 Å². The molecule has 1 N–H and O–H groups in total. The predicted octanol–water partition coefficient (Wildman–Crippen LogP) is 7.70. The second kappa shape index (κ2) is 16.0. The SMILES string of the molecule is Cc1ccc(S(=O)(=O)N(CC(=O)N(Cc2ccccc2Cl)[C@@H](Cc2ccccc2)C(=O)NC2CCCCC2)c2ccc(Br)cc2)cc1. The van der Waals surface area contributed by atoms with Crippen molar-refractivity contribution in [2.24, 2.45) is 0 Å². The Bertz CT molecular complexity index is 1760. The maximum absolute atomic E-state index is 14.7. The summed E-state index contributed by atoms with van der Waals surface area (Å²) in [4.78, 5) is 30.4. The first-order valence-electron chi connectivity index (χ1n) is 15.8. The lowest BCUT2D eigenvalue weighted by Gasteiger charge is -2.35. The fourth-order valence-electron chi connectivity index (χ4n) is 5.88. The number of amides is 2. The summed E-state index contributed by atoms with van der Waals surface area (Å²) >= 11 is 10.0. The van der Waals surface area contributed by atoms with Crippen LogP contribution in [0.3, 0.4) is 0 Å². The number of carbonyl (C=O) groups is 2. The normalized spacial score (nSPS) is 14.3. The maximum Gasteiger partial charge on any atom is 0.264 e. The van der Waals surface area contributed by atoms with E-state index in [1.54, 1.807) is 60.7 Å². The van der Waals surface area contributed by atoms with Crippen LogP contribution in [0, 0.1) is 6.92 Å². The molecule has 10 heteroatoms. The first-order chi connectivity index (χ1) is 22.6. The number of sulfonamides is 1. The Morgan fingerprint density at radius 3 is 2.17 bits per heavy atom. The molecule has 0 heterocycles. The first-order valence-corrected chi connectivity index (χ1v) is 18.4. The van der Waals surface area contributed by atoms with E-state index in [1.165, 1.54) is 4.90 Å². The van der Waals surface area contributed by atoms with Crippen LogP contribution >= 0.6 is 27.5 Å². The Morgan fingerprint density at radius 1 is 0.872 bits per heavy atom.